The molecule has 4 rings (SSSR count). The number of hydrogen-bond acceptors (Lipinski definition) is 9. The summed E-state index contributed by atoms with van der Waals surface area (Å²) in [6.45, 7) is 2.76. The Bertz CT molecular complexity index is 1060. The first-order chi connectivity index (χ1) is 15.0. The number of fused-ring (bicyclic) bond motifs is 2. The van der Waals surface area contributed by atoms with E-state index in [-0.39, 0.29) is 35.1 Å². The highest BCUT2D eigenvalue weighted by molar-refractivity contribution is 6.28. The number of Topliss-reactive ketones (excluding diaryl/α,β-unsaturated/α-hetero) is 2. The second-order valence-electron chi connectivity index (χ2n) is 8.18. The first-order valence-electron chi connectivity index (χ1n) is 10.1. The molecular formula is C22H22O10. The van der Waals surface area contributed by atoms with E-state index in [1.807, 2.05) is 0 Å². The van der Waals surface area contributed by atoms with Crippen LogP contribution in [0.2, 0.25) is 0 Å². The van der Waals surface area contributed by atoms with Crippen molar-refractivity contribution in [3.63, 3.8) is 0 Å². The fourth-order valence-corrected chi connectivity index (χ4v) is 4.70. The third kappa shape index (κ3) is 3.40. The second-order valence-corrected chi connectivity index (χ2v) is 8.18. The number of phenols is 1. The van der Waals surface area contributed by atoms with Gasteiger partial charge in [0.15, 0.2) is 11.6 Å². The molecule has 3 N–H and O–H groups in total. The summed E-state index contributed by atoms with van der Waals surface area (Å²) in [7, 11) is 0. The molecule has 0 unspecified atom stereocenters. The zero-order chi connectivity index (χ0) is 23.4. The number of ether oxygens (including phenoxy) is 3. The third-order valence-corrected chi connectivity index (χ3v) is 5.84. The summed E-state index contributed by atoms with van der Waals surface area (Å²) < 4.78 is 17.1. The Balaban J connectivity index is 1.92. The quantitative estimate of drug-likeness (QED) is 0.575. The van der Waals surface area contributed by atoms with Crippen LogP contribution < -0.4 is 0 Å². The van der Waals surface area contributed by atoms with Crippen LogP contribution in [0.5, 0.6) is 5.75 Å². The van der Waals surface area contributed by atoms with Crippen molar-refractivity contribution in [2.45, 2.75) is 63.3 Å². The molecule has 1 fully saturated rings. The number of rotatable bonds is 3. The van der Waals surface area contributed by atoms with Crippen LogP contribution in [0.25, 0.3) is 0 Å². The van der Waals surface area contributed by atoms with Crippen LogP contribution in [0.4, 0.5) is 0 Å². The summed E-state index contributed by atoms with van der Waals surface area (Å²) in [5.74, 6) is -5.95. The molecule has 1 aliphatic carbocycles. The summed E-state index contributed by atoms with van der Waals surface area (Å²) in [6.07, 6.45) is -5.28. The number of hydrogen-bond donors (Lipinski definition) is 3. The van der Waals surface area contributed by atoms with E-state index in [1.165, 1.54) is 18.2 Å². The number of carbonyl (C=O) groups excluding carboxylic acids is 3. The van der Waals surface area contributed by atoms with E-state index < -0.39 is 65.9 Å². The highest BCUT2D eigenvalue weighted by atomic mass is 16.7. The molecule has 1 aromatic carbocycles. The lowest BCUT2D eigenvalue weighted by molar-refractivity contribution is -0.334. The molecule has 2 aliphatic heterocycles. The van der Waals surface area contributed by atoms with Crippen molar-refractivity contribution in [3.8, 4) is 5.75 Å². The fourth-order valence-electron chi connectivity index (χ4n) is 4.70. The number of carboxylic acids is 1. The normalized spacial score (nSPS) is 31.8. The number of phenolic OH excluding ortho intramolecular Hbond substituents is 1. The molecule has 10 heteroatoms. The van der Waals surface area contributed by atoms with Crippen LogP contribution >= 0.6 is 0 Å². The molecule has 1 spiro atoms. The smallest absolute Gasteiger partial charge is 0.305 e. The molecule has 0 saturated carbocycles. The van der Waals surface area contributed by atoms with Crippen LogP contribution in [0.1, 0.15) is 53.8 Å². The Labute approximate surface area is 182 Å². The molecule has 10 nitrogen and oxygen atoms in total. The Kier molecular flexibility index (Phi) is 5.40. The molecule has 0 radical (unpaired) electrons. The van der Waals surface area contributed by atoms with E-state index in [2.05, 4.69) is 0 Å². The maximum atomic E-state index is 13.5. The Morgan fingerprint density at radius 3 is 2.59 bits per heavy atom. The van der Waals surface area contributed by atoms with Crippen molar-refractivity contribution in [2.24, 2.45) is 0 Å². The predicted octanol–water partition coefficient (Wildman–Crippen LogP) is 1.13. The number of carboxylic acid groups (broad SMARTS) is 1. The van der Waals surface area contributed by atoms with Crippen LogP contribution in [0, 0.1) is 0 Å². The van der Waals surface area contributed by atoms with E-state index in [0.29, 0.717) is 0 Å². The number of aliphatic carboxylic acids is 1. The van der Waals surface area contributed by atoms with Gasteiger partial charge in [0.2, 0.25) is 5.79 Å². The topological polar surface area (TPSA) is 157 Å². The average Bonchev–Trinajstić information content (AvgIpc) is 2.68. The van der Waals surface area contributed by atoms with Crippen molar-refractivity contribution < 1.29 is 48.7 Å². The van der Waals surface area contributed by atoms with Gasteiger partial charge >= 0.3 is 11.9 Å². The van der Waals surface area contributed by atoms with Gasteiger partial charge < -0.3 is 29.5 Å². The van der Waals surface area contributed by atoms with Gasteiger partial charge in [0, 0.05) is 30.9 Å². The SMILES string of the molecule is CC(=O)O[C@@H]1C[C@H](C)O[C@@]2(O[C@H](CC(=O)O)CC3=C2C(=O)c2c(O)cccc2C3=O)[C@H]1O. The molecule has 0 bridgehead atoms. The molecular weight excluding hydrogens is 424 g/mol. The van der Waals surface area contributed by atoms with Gasteiger partial charge in [0.25, 0.3) is 0 Å². The number of aliphatic hydroxyl groups excluding tert-OH is 1. The van der Waals surface area contributed by atoms with E-state index >= 15 is 0 Å². The van der Waals surface area contributed by atoms with Gasteiger partial charge in [-0.2, -0.15) is 0 Å². The first kappa shape index (κ1) is 22.1. The lowest BCUT2D eigenvalue weighted by atomic mass is 9.73. The number of aliphatic hydroxyl groups is 1. The highest BCUT2D eigenvalue weighted by Gasteiger charge is 2.61. The number of carbonyl (C=O) groups is 4. The van der Waals surface area contributed by atoms with Gasteiger partial charge in [0.1, 0.15) is 18.0 Å². The Morgan fingerprint density at radius 1 is 1.22 bits per heavy atom. The lowest BCUT2D eigenvalue weighted by Gasteiger charge is -2.51. The predicted molar refractivity (Wildman–Crippen MR) is 105 cm³/mol. The molecule has 1 aromatic rings. The number of benzene rings is 1. The summed E-state index contributed by atoms with van der Waals surface area (Å²) in [6, 6.07) is 4.05. The van der Waals surface area contributed by atoms with Gasteiger partial charge in [-0.15, -0.1) is 0 Å². The largest absolute Gasteiger partial charge is 0.507 e. The van der Waals surface area contributed by atoms with Crippen LogP contribution in [0.15, 0.2) is 29.3 Å². The van der Waals surface area contributed by atoms with Crippen LogP contribution in [-0.2, 0) is 23.8 Å². The minimum atomic E-state index is -2.25. The molecule has 2 heterocycles. The molecule has 1 saturated heterocycles. The number of esters is 1. The van der Waals surface area contributed by atoms with E-state index in [0.717, 1.165) is 6.92 Å². The van der Waals surface area contributed by atoms with Gasteiger partial charge in [-0.25, -0.2) is 0 Å². The molecule has 170 valence electrons. The first-order valence-corrected chi connectivity index (χ1v) is 10.1. The standard InChI is InChI=1S/C22H22O10/c1-9-6-15(30-10(2)23)21(29)22(31-9)18-13(7-11(32-22)8-16(25)26)19(27)12-4-3-5-14(24)17(12)20(18)28/h3-5,9,11,15,21,24,29H,6-8H2,1-2H3,(H,25,26)/t9-,11-,15+,21-,22-/m0/s1. The number of aromatic hydroxyl groups is 1. The fraction of sp³-hybridized carbons (Fsp3) is 0.455. The third-order valence-electron chi connectivity index (χ3n) is 5.84. The van der Waals surface area contributed by atoms with Crippen molar-refractivity contribution >= 4 is 23.5 Å². The van der Waals surface area contributed by atoms with Gasteiger partial charge in [-0.3, -0.25) is 19.2 Å². The van der Waals surface area contributed by atoms with Gasteiger partial charge in [0.05, 0.1) is 29.8 Å². The second kappa shape index (κ2) is 7.80. The monoisotopic (exact) mass is 446 g/mol. The van der Waals surface area contributed by atoms with E-state index in [9.17, 15) is 34.5 Å². The van der Waals surface area contributed by atoms with Crippen molar-refractivity contribution in [1.29, 1.82) is 0 Å². The summed E-state index contributed by atoms with van der Waals surface area (Å²) >= 11 is 0. The summed E-state index contributed by atoms with van der Waals surface area (Å²) in [5, 5.41) is 30.8. The molecule has 3 aliphatic rings. The van der Waals surface area contributed by atoms with Gasteiger partial charge in [-0.1, -0.05) is 12.1 Å². The minimum Gasteiger partial charge on any atom is -0.507 e. The van der Waals surface area contributed by atoms with E-state index in [1.54, 1.807) is 6.92 Å². The maximum Gasteiger partial charge on any atom is 0.305 e. The highest BCUT2D eigenvalue weighted by Crippen LogP contribution is 2.49. The molecule has 5 atom stereocenters. The Hall–Kier alpha value is -3.08. The number of ketones is 2. The van der Waals surface area contributed by atoms with Crippen molar-refractivity contribution in [3.05, 3.63) is 40.5 Å². The Morgan fingerprint density at radius 2 is 1.94 bits per heavy atom. The zero-order valence-electron chi connectivity index (χ0n) is 17.4. The molecule has 0 amide bonds. The van der Waals surface area contributed by atoms with Gasteiger partial charge in [-0.05, 0) is 13.0 Å². The molecule has 0 aromatic heterocycles. The van der Waals surface area contributed by atoms with Crippen molar-refractivity contribution in [2.75, 3.05) is 0 Å². The maximum absolute atomic E-state index is 13.5. The molecule has 32 heavy (non-hydrogen) atoms. The van der Waals surface area contributed by atoms with Crippen LogP contribution in [-0.4, -0.2) is 69.0 Å². The van der Waals surface area contributed by atoms with Crippen LogP contribution in [0.3, 0.4) is 0 Å². The zero-order valence-corrected chi connectivity index (χ0v) is 17.4. The minimum absolute atomic E-state index is 0.0326. The van der Waals surface area contributed by atoms with Crippen molar-refractivity contribution in [1.82, 2.24) is 0 Å². The summed E-state index contributed by atoms with van der Waals surface area (Å²) in [5.41, 5.74) is -0.654. The van der Waals surface area contributed by atoms with E-state index in [4.69, 9.17) is 14.2 Å². The summed E-state index contributed by atoms with van der Waals surface area (Å²) in [4.78, 5) is 49.8. The lowest BCUT2D eigenvalue weighted by Crippen LogP contribution is -2.65. The average molecular weight is 446 g/mol.